The summed E-state index contributed by atoms with van der Waals surface area (Å²) in [5, 5.41) is 0. The third kappa shape index (κ3) is 4.01. The Bertz CT molecular complexity index is 1040. The van der Waals surface area contributed by atoms with Gasteiger partial charge in [0.25, 0.3) is 5.91 Å². The van der Waals surface area contributed by atoms with Gasteiger partial charge in [-0.2, -0.15) is 0 Å². The molecule has 0 bridgehead atoms. The van der Waals surface area contributed by atoms with Crippen LogP contribution in [0, 0.1) is 0 Å². The first-order valence-corrected chi connectivity index (χ1v) is 9.82. The first-order chi connectivity index (χ1) is 14.6. The van der Waals surface area contributed by atoms with Crippen LogP contribution in [-0.2, 0) is 14.3 Å². The molecule has 0 spiro atoms. The van der Waals surface area contributed by atoms with Crippen molar-refractivity contribution in [3.63, 3.8) is 0 Å². The molecule has 1 aliphatic rings. The number of amides is 1. The fraction of sp³-hybridized carbons (Fsp3) is 0.160. The predicted octanol–water partition coefficient (Wildman–Crippen LogP) is 4.32. The van der Waals surface area contributed by atoms with Crippen molar-refractivity contribution in [3.8, 4) is 0 Å². The van der Waals surface area contributed by atoms with Gasteiger partial charge in [0.1, 0.15) is 12.2 Å². The van der Waals surface area contributed by atoms with E-state index < -0.39 is 24.3 Å². The Kier molecular flexibility index (Phi) is 5.70. The van der Waals surface area contributed by atoms with Gasteiger partial charge in [0.2, 0.25) is 6.10 Å². The molecule has 0 aromatic heterocycles. The molecule has 0 N–H and O–H groups in total. The summed E-state index contributed by atoms with van der Waals surface area (Å²) in [6, 6.07) is 28.6. The average molecular weight is 398 g/mol. The Morgan fingerprint density at radius 3 is 2.10 bits per heavy atom. The van der Waals surface area contributed by atoms with Gasteiger partial charge in [-0.3, -0.25) is 14.6 Å². The van der Waals surface area contributed by atoms with Crippen molar-refractivity contribution in [2.75, 3.05) is 0 Å². The Labute approximate surface area is 175 Å². The highest BCUT2D eigenvalue weighted by molar-refractivity contribution is 5.91. The number of rotatable bonds is 6. The van der Waals surface area contributed by atoms with Crippen LogP contribution in [0.25, 0.3) is 0 Å². The number of aliphatic imine (C=N–C) groups is 1. The molecule has 5 nitrogen and oxygen atoms in total. The minimum absolute atomic E-state index is 0.252. The molecule has 0 aliphatic carbocycles. The van der Waals surface area contributed by atoms with E-state index in [4.69, 9.17) is 9.73 Å². The maximum atomic E-state index is 13.1. The molecule has 3 atom stereocenters. The van der Waals surface area contributed by atoms with Gasteiger partial charge in [0.05, 0.1) is 0 Å². The molecule has 1 fully saturated rings. The lowest BCUT2D eigenvalue weighted by Gasteiger charge is -2.48. The maximum Gasteiger partial charge on any atom is 0.303 e. The smallest absolute Gasteiger partial charge is 0.303 e. The lowest BCUT2D eigenvalue weighted by Crippen LogP contribution is -2.61. The maximum absolute atomic E-state index is 13.1. The number of esters is 1. The third-order valence-corrected chi connectivity index (χ3v) is 5.04. The summed E-state index contributed by atoms with van der Waals surface area (Å²) in [6.07, 6.45) is 0.394. The monoisotopic (exact) mass is 398 g/mol. The number of likely N-dealkylation sites (tertiary alicyclic amines) is 1. The zero-order valence-electron chi connectivity index (χ0n) is 16.6. The first kappa shape index (κ1) is 19.6. The van der Waals surface area contributed by atoms with E-state index >= 15 is 0 Å². The molecule has 0 saturated carbocycles. The predicted molar refractivity (Wildman–Crippen MR) is 115 cm³/mol. The van der Waals surface area contributed by atoms with Gasteiger partial charge in [-0.25, -0.2) is 0 Å². The van der Waals surface area contributed by atoms with E-state index in [9.17, 15) is 9.59 Å². The van der Waals surface area contributed by atoms with Gasteiger partial charge in [-0.15, -0.1) is 0 Å². The second-order valence-corrected chi connectivity index (χ2v) is 7.10. The summed E-state index contributed by atoms with van der Waals surface area (Å²) in [6.45, 7) is 1.32. The molecule has 4 rings (SSSR count). The van der Waals surface area contributed by atoms with Crippen LogP contribution in [-0.4, -0.2) is 29.1 Å². The lowest BCUT2D eigenvalue weighted by atomic mass is 9.88. The summed E-state index contributed by atoms with van der Waals surface area (Å²) in [4.78, 5) is 31.1. The van der Waals surface area contributed by atoms with Crippen LogP contribution in [0.4, 0.5) is 0 Å². The van der Waals surface area contributed by atoms with Crippen molar-refractivity contribution in [2.45, 2.75) is 25.2 Å². The second kappa shape index (κ2) is 8.74. The van der Waals surface area contributed by atoms with Gasteiger partial charge in [0.15, 0.2) is 0 Å². The van der Waals surface area contributed by atoms with E-state index in [2.05, 4.69) is 0 Å². The zero-order valence-corrected chi connectivity index (χ0v) is 16.6. The van der Waals surface area contributed by atoms with E-state index in [1.165, 1.54) is 6.92 Å². The number of benzene rings is 3. The van der Waals surface area contributed by atoms with Crippen LogP contribution >= 0.6 is 0 Å². The molecule has 3 aromatic carbocycles. The minimum Gasteiger partial charge on any atom is -0.450 e. The van der Waals surface area contributed by atoms with E-state index in [1.807, 2.05) is 91.0 Å². The number of ether oxygens (including phenoxy) is 1. The van der Waals surface area contributed by atoms with Gasteiger partial charge in [-0.05, 0) is 16.7 Å². The van der Waals surface area contributed by atoms with Crippen molar-refractivity contribution < 1.29 is 14.3 Å². The summed E-state index contributed by atoms with van der Waals surface area (Å²) in [7, 11) is 0. The van der Waals surface area contributed by atoms with E-state index in [1.54, 1.807) is 11.1 Å². The number of nitrogens with zero attached hydrogens (tertiary/aromatic N) is 2. The molecule has 30 heavy (non-hydrogen) atoms. The highest BCUT2D eigenvalue weighted by Gasteiger charge is 2.53. The SMILES string of the molecule is CC(=O)OC1C(=O)N(C(N=Cc2ccccc2)c2ccccc2)C1c1ccccc1. The quantitative estimate of drug-likeness (QED) is 0.353. The lowest BCUT2D eigenvalue weighted by molar-refractivity contribution is -0.187. The van der Waals surface area contributed by atoms with Crippen molar-refractivity contribution in [1.29, 1.82) is 0 Å². The number of carbonyl (C=O) groups is 2. The van der Waals surface area contributed by atoms with Crippen LogP contribution in [0.3, 0.4) is 0 Å². The molecule has 0 radical (unpaired) electrons. The first-order valence-electron chi connectivity index (χ1n) is 9.82. The highest BCUT2D eigenvalue weighted by atomic mass is 16.6. The zero-order chi connectivity index (χ0) is 20.9. The largest absolute Gasteiger partial charge is 0.450 e. The fourth-order valence-corrected chi connectivity index (χ4v) is 3.67. The van der Waals surface area contributed by atoms with E-state index in [0.717, 1.165) is 16.7 Å². The normalized spacial score (nSPS) is 19.4. The van der Waals surface area contributed by atoms with Crippen molar-refractivity contribution in [1.82, 2.24) is 4.90 Å². The minimum atomic E-state index is -0.844. The standard InChI is InChI=1S/C25H22N2O3/c1-18(28)30-23-22(20-13-7-3-8-14-20)27(25(23)29)24(21-15-9-4-10-16-21)26-17-19-11-5-2-6-12-19/h2-17,22-24H,1H3. The van der Waals surface area contributed by atoms with E-state index in [-0.39, 0.29) is 5.91 Å². The molecular formula is C25H22N2O3. The molecule has 5 heteroatoms. The van der Waals surface area contributed by atoms with Crippen LogP contribution in [0.2, 0.25) is 0 Å². The number of hydrogen-bond donors (Lipinski definition) is 0. The van der Waals surface area contributed by atoms with Crippen LogP contribution in [0.15, 0.2) is 96.0 Å². The third-order valence-electron chi connectivity index (χ3n) is 5.04. The molecule has 1 aliphatic heterocycles. The molecular weight excluding hydrogens is 376 g/mol. The number of β-lactam (4-membered cyclic amide) rings is 1. The number of hydrogen-bond acceptors (Lipinski definition) is 4. The Balaban J connectivity index is 1.73. The van der Waals surface area contributed by atoms with Gasteiger partial charge in [0, 0.05) is 13.1 Å². The summed E-state index contributed by atoms with van der Waals surface area (Å²) in [5.41, 5.74) is 2.73. The van der Waals surface area contributed by atoms with E-state index in [0.29, 0.717) is 0 Å². The molecule has 1 saturated heterocycles. The van der Waals surface area contributed by atoms with Gasteiger partial charge >= 0.3 is 5.97 Å². The molecule has 3 aromatic rings. The summed E-state index contributed by atoms with van der Waals surface area (Å²) >= 11 is 0. The summed E-state index contributed by atoms with van der Waals surface area (Å²) < 4.78 is 5.36. The molecule has 150 valence electrons. The Hall–Kier alpha value is -3.73. The van der Waals surface area contributed by atoms with Crippen LogP contribution in [0.5, 0.6) is 0 Å². The van der Waals surface area contributed by atoms with Crippen LogP contribution in [0.1, 0.15) is 35.8 Å². The second-order valence-electron chi connectivity index (χ2n) is 7.10. The van der Waals surface area contributed by atoms with Gasteiger partial charge in [-0.1, -0.05) is 91.0 Å². The molecule has 1 heterocycles. The van der Waals surface area contributed by atoms with Crippen molar-refractivity contribution in [2.24, 2.45) is 4.99 Å². The Morgan fingerprint density at radius 1 is 0.933 bits per heavy atom. The topological polar surface area (TPSA) is 59.0 Å². The van der Waals surface area contributed by atoms with Crippen molar-refractivity contribution >= 4 is 18.1 Å². The summed E-state index contributed by atoms with van der Waals surface area (Å²) in [5.74, 6) is -0.726. The van der Waals surface area contributed by atoms with Crippen LogP contribution < -0.4 is 0 Å². The Morgan fingerprint density at radius 2 is 1.50 bits per heavy atom. The molecule has 1 amide bonds. The van der Waals surface area contributed by atoms with Gasteiger partial charge < -0.3 is 9.64 Å². The highest BCUT2D eigenvalue weighted by Crippen LogP contribution is 2.43. The average Bonchev–Trinajstić information content (AvgIpc) is 2.79. The fourth-order valence-electron chi connectivity index (χ4n) is 3.67. The number of carbonyl (C=O) groups excluding carboxylic acids is 2. The molecule has 3 unspecified atom stereocenters. The van der Waals surface area contributed by atoms with Crippen molar-refractivity contribution in [3.05, 3.63) is 108 Å².